The van der Waals surface area contributed by atoms with E-state index < -0.39 is 22.0 Å². The van der Waals surface area contributed by atoms with Gasteiger partial charge in [-0.1, -0.05) is 0 Å². The van der Waals surface area contributed by atoms with Crippen molar-refractivity contribution in [2.24, 2.45) is 0 Å². The van der Waals surface area contributed by atoms with Crippen LogP contribution in [0.1, 0.15) is 21.7 Å². The molecule has 0 fully saturated rings. The third-order valence-electron chi connectivity index (χ3n) is 2.64. The molecule has 0 aliphatic heterocycles. The Morgan fingerprint density at radius 2 is 2.05 bits per heavy atom. The number of esters is 1. The molecule has 1 rings (SSSR count). The molecule has 0 saturated carbocycles. The molecule has 0 unspecified atom stereocenters. The Morgan fingerprint density at radius 1 is 1.45 bits per heavy atom. The van der Waals surface area contributed by atoms with Gasteiger partial charge in [0.15, 0.2) is 0 Å². The first-order valence-electron chi connectivity index (χ1n) is 5.56. The Hall–Kier alpha value is -1.45. The van der Waals surface area contributed by atoms with Crippen molar-refractivity contribution in [1.29, 1.82) is 0 Å². The molecule has 0 aromatic carbocycles. The standard InChI is InChI=1S/C11H15NO6S2/c1-7-6-19-9(11(14)15)10(7)20(16,17)12(2)5-4-8(13)18-3/h6H,4-5H2,1-3H3,(H,14,15). The Labute approximate surface area is 120 Å². The highest BCUT2D eigenvalue weighted by molar-refractivity contribution is 7.89. The zero-order chi connectivity index (χ0) is 15.5. The lowest BCUT2D eigenvalue weighted by Crippen LogP contribution is -2.30. The molecule has 112 valence electrons. The lowest BCUT2D eigenvalue weighted by Gasteiger charge is -2.17. The quantitative estimate of drug-likeness (QED) is 0.783. The molecule has 20 heavy (non-hydrogen) atoms. The molecule has 1 heterocycles. The fraction of sp³-hybridized carbons (Fsp3) is 0.455. The van der Waals surface area contributed by atoms with E-state index in [0.29, 0.717) is 5.56 Å². The van der Waals surface area contributed by atoms with Gasteiger partial charge in [0.1, 0.15) is 9.77 Å². The number of sulfonamides is 1. The Bertz CT molecular complexity index is 619. The minimum atomic E-state index is -3.95. The van der Waals surface area contributed by atoms with Gasteiger partial charge in [-0.15, -0.1) is 11.3 Å². The third kappa shape index (κ3) is 3.35. The number of carbonyl (C=O) groups is 2. The SMILES string of the molecule is COC(=O)CCN(C)S(=O)(=O)c1c(C)csc1C(=O)O. The highest BCUT2D eigenvalue weighted by atomic mass is 32.2. The van der Waals surface area contributed by atoms with Gasteiger partial charge in [-0.3, -0.25) is 4.79 Å². The molecular formula is C11H15NO6S2. The molecule has 1 aromatic heterocycles. The Balaban J connectivity index is 3.08. The normalized spacial score (nSPS) is 11.6. The first-order chi connectivity index (χ1) is 9.21. The number of aryl methyl sites for hydroxylation is 1. The van der Waals surface area contributed by atoms with E-state index in [1.54, 1.807) is 0 Å². The van der Waals surface area contributed by atoms with Crippen LogP contribution in [0.4, 0.5) is 0 Å². The van der Waals surface area contributed by atoms with Crippen molar-refractivity contribution < 1.29 is 27.9 Å². The molecule has 0 bridgehead atoms. The molecule has 0 saturated heterocycles. The smallest absolute Gasteiger partial charge is 0.347 e. The van der Waals surface area contributed by atoms with Crippen LogP contribution in [0.5, 0.6) is 0 Å². The molecule has 1 N–H and O–H groups in total. The minimum Gasteiger partial charge on any atom is -0.477 e. The first kappa shape index (κ1) is 16.6. The van der Waals surface area contributed by atoms with Crippen LogP contribution >= 0.6 is 11.3 Å². The fourth-order valence-corrected chi connectivity index (χ4v) is 4.28. The molecule has 0 aliphatic rings. The van der Waals surface area contributed by atoms with Crippen LogP contribution in [0.15, 0.2) is 10.3 Å². The maximum absolute atomic E-state index is 12.4. The van der Waals surface area contributed by atoms with Crippen LogP contribution in [0.25, 0.3) is 0 Å². The Kier molecular flexibility index (Phi) is 5.26. The molecule has 7 nitrogen and oxygen atoms in total. The lowest BCUT2D eigenvalue weighted by molar-refractivity contribution is -0.140. The summed E-state index contributed by atoms with van der Waals surface area (Å²) in [6.45, 7) is 1.45. The first-order valence-corrected chi connectivity index (χ1v) is 7.88. The molecule has 0 aliphatic carbocycles. The number of thiophene rings is 1. The summed E-state index contributed by atoms with van der Waals surface area (Å²) in [4.78, 5) is 21.7. The molecule has 1 aromatic rings. The number of hydrogen-bond donors (Lipinski definition) is 1. The van der Waals surface area contributed by atoms with Crippen molar-refractivity contribution >= 4 is 33.3 Å². The van der Waals surface area contributed by atoms with Crippen LogP contribution in [-0.2, 0) is 19.6 Å². The van der Waals surface area contributed by atoms with E-state index >= 15 is 0 Å². The number of hydrogen-bond acceptors (Lipinski definition) is 6. The number of methoxy groups -OCH3 is 1. The number of rotatable bonds is 6. The van der Waals surface area contributed by atoms with Gasteiger partial charge < -0.3 is 9.84 Å². The monoisotopic (exact) mass is 321 g/mol. The second-order valence-electron chi connectivity index (χ2n) is 4.03. The van der Waals surface area contributed by atoms with Gasteiger partial charge in [-0.25, -0.2) is 17.5 Å². The van der Waals surface area contributed by atoms with Crippen molar-refractivity contribution in [2.45, 2.75) is 18.2 Å². The maximum Gasteiger partial charge on any atom is 0.347 e. The number of aromatic carboxylic acids is 1. The van der Waals surface area contributed by atoms with Crippen LogP contribution < -0.4 is 0 Å². The predicted octanol–water partition coefficient (Wildman–Crippen LogP) is 0.938. The van der Waals surface area contributed by atoms with Crippen LogP contribution in [-0.4, -0.2) is 50.5 Å². The highest BCUT2D eigenvalue weighted by Crippen LogP contribution is 2.29. The summed E-state index contributed by atoms with van der Waals surface area (Å²) in [5, 5.41) is 10.5. The molecule has 0 atom stereocenters. The van der Waals surface area contributed by atoms with Crippen LogP contribution in [0, 0.1) is 6.92 Å². The van der Waals surface area contributed by atoms with Gasteiger partial charge in [0, 0.05) is 13.6 Å². The van der Waals surface area contributed by atoms with Crippen molar-refractivity contribution in [3.8, 4) is 0 Å². The zero-order valence-corrected chi connectivity index (χ0v) is 12.9. The summed E-state index contributed by atoms with van der Waals surface area (Å²) in [5.74, 6) is -1.82. The molecule has 0 spiro atoms. The summed E-state index contributed by atoms with van der Waals surface area (Å²) >= 11 is 0.860. The van der Waals surface area contributed by atoms with E-state index in [2.05, 4.69) is 4.74 Å². The van der Waals surface area contributed by atoms with E-state index in [9.17, 15) is 18.0 Å². The summed E-state index contributed by atoms with van der Waals surface area (Å²) in [5.41, 5.74) is 0.373. The van der Waals surface area contributed by atoms with Gasteiger partial charge >= 0.3 is 11.9 Å². The van der Waals surface area contributed by atoms with Crippen molar-refractivity contribution in [3.05, 3.63) is 15.8 Å². The molecular weight excluding hydrogens is 306 g/mol. The summed E-state index contributed by atoms with van der Waals surface area (Å²) in [7, 11) is -1.45. The van der Waals surface area contributed by atoms with Crippen molar-refractivity contribution in [1.82, 2.24) is 4.31 Å². The van der Waals surface area contributed by atoms with Gasteiger partial charge in [0.25, 0.3) is 0 Å². The average molecular weight is 321 g/mol. The van der Waals surface area contributed by atoms with Gasteiger partial charge in [0.2, 0.25) is 10.0 Å². The maximum atomic E-state index is 12.4. The third-order valence-corrected chi connectivity index (χ3v) is 5.90. The summed E-state index contributed by atoms with van der Waals surface area (Å²) in [6, 6.07) is 0. The van der Waals surface area contributed by atoms with Gasteiger partial charge in [-0.2, -0.15) is 0 Å². The number of carboxylic acid groups (broad SMARTS) is 1. The largest absolute Gasteiger partial charge is 0.477 e. The van der Waals surface area contributed by atoms with E-state index in [4.69, 9.17) is 5.11 Å². The van der Waals surface area contributed by atoms with Crippen molar-refractivity contribution in [2.75, 3.05) is 20.7 Å². The zero-order valence-electron chi connectivity index (χ0n) is 11.2. The average Bonchev–Trinajstić information content (AvgIpc) is 2.77. The van der Waals surface area contributed by atoms with E-state index in [1.165, 1.54) is 26.5 Å². The van der Waals surface area contributed by atoms with E-state index in [1.807, 2.05) is 0 Å². The van der Waals surface area contributed by atoms with Crippen LogP contribution in [0.3, 0.4) is 0 Å². The highest BCUT2D eigenvalue weighted by Gasteiger charge is 2.30. The second-order valence-corrected chi connectivity index (χ2v) is 6.90. The van der Waals surface area contributed by atoms with E-state index in [-0.39, 0.29) is 22.7 Å². The predicted molar refractivity (Wildman–Crippen MR) is 72.5 cm³/mol. The summed E-state index contributed by atoms with van der Waals surface area (Å²) in [6.07, 6.45) is -0.0994. The summed E-state index contributed by atoms with van der Waals surface area (Å²) < 4.78 is 30.1. The number of ether oxygens (including phenoxy) is 1. The van der Waals surface area contributed by atoms with Crippen LogP contribution in [0.2, 0.25) is 0 Å². The Morgan fingerprint density at radius 3 is 2.55 bits per heavy atom. The van der Waals surface area contributed by atoms with Gasteiger partial charge in [0.05, 0.1) is 13.5 Å². The van der Waals surface area contributed by atoms with Crippen molar-refractivity contribution in [3.63, 3.8) is 0 Å². The number of carboxylic acids is 1. The topological polar surface area (TPSA) is 101 Å². The number of nitrogens with zero attached hydrogens (tertiary/aromatic N) is 1. The molecule has 9 heteroatoms. The minimum absolute atomic E-state index is 0.0800. The molecule has 0 amide bonds. The second kappa shape index (κ2) is 6.33. The number of carbonyl (C=O) groups excluding carboxylic acids is 1. The molecule has 0 radical (unpaired) electrons. The van der Waals surface area contributed by atoms with Gasteiger partial charge in [-0.05, 0) is 17.9 Å². The lowest BCUT2D eigenvalue weighted by atomic mass is 10.3. The fourth-order valence-electron chi connectivity index (χ4n) is 1.53. The van der Waals surface area contributed by atoms with E-state index in [0.717, 1.165) is 15.6 Å².